The lowest BCUT2D eigenvalue weighted by molar-refractivity contribution is 1.02. The molecule has 110 valence electrons. The van der Waals surface area contributed by atoms with Gasteiger partial charge < -0.3 is 0 Å². The predicted octanol–water partition coefficient (Wildman–Crippen LogP) is 4.88. The smallest absolute Gasteiger partial charge is 0.144 e. The molecule has 0 fully saturated rings. The molecule has 2 aromatic carbocycles. The van der Waals surface area contributed by atoms with Crippen LogP contribution in [0.1, 0.15) is 16.7 Å². The van der Waals surface area contributed by atoms with Crippen molar-refractivity contribution in [1.82, 2.24) is 9.55 Å². The van der Waals surface area contributed by atoms with Crippen LogP contribution in [0.5, 0.6) is 0 Å². The quantitative estimate of drug-likeness (QED) is 0.625. The molecule has 22 heavy (non-hydrogen) atoms. The minimum Gasteiger partial charge on any atom is -0.299 e. The molecule has 1 aromatic heterocycles. The predicted molar refractivity (Wildman–Crippen MR) is 92.4 cm³/mol. The lowest BCUT2D eigenvalue weighted by atomic mass is 10.0. The van der Waals surface area contributed by atoms with E-state index in [4.69, 9.17) is 0 Å². The van der Waals surface area contributed by atoms with E-state index in [1.54, 1.807) is 0 Å². The van der Waals surface area contributed by atoms with Crippen molar-refractivity contribution >= 4 is 0 Å². The monoisotopic (exact) mass is 288 g/mol. The molecule has 0 aliphatic rings. The number of imidazole rings is 1. The number of aromatic nitrogens is 2. The number of aryl methyl sites for hydroxylation is 2. The molecular weight excluding hydrogens is 268 g/mol. The SMILES string of the molecule is C=CCc1cc(C)c(-n2ccnc2-c2ccccc2)c(C)c1. The second-order valence-electron chi connectivity index (χ2n) is 5.56. The van der Waals surface area contributed by atoms with Crippen molar-refractivity contribution in [3.05, 3.63) is 84.2 Å². The first-order valence-electron chi connectivity index (χ1n) is 7.51. The van der Waals surface area contributed by atoms with Crippen LogP contribution in [0.3, 0.4) is 0 Å². The normalized spacial score (nSPS) is 10.6. The highest BCUT2D eigenvalue weighted by Gasteiger charge is 2.12. The Hall–Kier alpha value is -2.61. The highest BCUT2D eigenvalue weighted by atomic mass is 15.1. The van der Waals surface area contributed by atoms with Gasteiger partial charge in [-0.2, -0.15) is 0 Å². The molecule has 0 amide bonds. The average Bonchev–Trinajstić information content (AvgIpc) is 2.97. The van der Waals surface area contributed by atoms with Gasteiger partial charge in [-0.1, -0.05) is 48.5 Å². The van der Waals surface area contributed by atoms with E-state index in [0.717, 1.165) is 17.8 Å². The van der Waals surface area contributed by atoms with E-state index in [0.29, 0.717) is 0 Å². The molecule has 3 aromatic rings. The first kappa shape index (κ1) is 14.3. The fraction of sp³-hybridized carbons (Fsp3) is 0.150. The summed E-state index contributed by atoms with van der Waals surface area (Å²) in [6.45, 7) is 8.14. The lowest BCUT2D eigenvalue weighted by Gasteiger charge is -2.15. The van der Waals surface area contributed by atoms with Gasteiger partial charge in [0.25, 0.3) is 0 Å². The molecule has 1 heterocycles. The average molecular weight is 288 g/mol. The highest BCUT2D eigenvalue weighted by Crippen LogP contribution is 2.27. The van der Waals surface area contributed by atoms with Crippen LogP contribution >= 0.6 is 0 Å². The molecule has 0 radical (unpaired) electrons. The van der Waals surface area contributed by atoms with Crippen LogP contribution in [-0.2, 0) is 6.42 Å². The van der Waals surface area contributed by atoms with E-state index in [2.05, 4.69) is 54.2 Å². The minimum absolute atomic E-state index is 0.900. The maximum atomic E-state index is 4.55. The third kappa shape index (κ3) is 2.60. The van der Waals surface area contributed by atoms with Crippen LogP contribution in [0.4, 0.5) is 0 Å². The Balaban J connectivity index is 2.14. The van der Waals surface area contributed by atoms with Crippen molar-refractivity contribution in [2.45, 2.75) is 20.3 Å². The molecule has 0 N–H and O–H groups in total. The summed E-state index contributed by atoms with van der Waals surface area (Å²) >= 11 is 0. The summed E-state index contributed by atoms with van der Waals surface area (Å²) in [6, 6.07) is 14.8. The molecule has 0 bridgehead atoms. The van der Waals surface area contributed by atoms with Gasteiger partial charge in [0, 0.05) is 18.0 Å². The summed E-state index contributed by atoms with van der Waals surface area (Å²) in [5, 5.41) is 0. The Labute approximate surface area is 131 Å². The van der Waals surface area contributed by atoms with Gasteiger partial charge in [-0.15, -0.1) is 6.58 Å². The van der Waals surface area contributed by atoms with Crippen LogP contribution < -0.4 is 0 Å². The third-order valence-electron chi connectivity index (χ3n) is 3.84. The van der Waals surface area contributed by atoms with Gasteiger partial charge in [0.05, 0.1) is 5.69 Å². The summed E-state index contributed by atoms with van der Waals surface area (Å²) in [7, 11) is 0. The Bertz CT molecular complexity index is 775. The topological polar surface area (TPSA) is 17.8 Å². The Kier molecular flexibility index (Phi) is 3.92. The fourth-order valence-electron chi connectivity index (χ4n) is 2.99. The summed E-state index contributed by atoms with van der Waals surface area (Å²) in [5.41, 5.74) is 6.15. The Morgan fingerprint density at radius 1 is 1.09 bits per heavy atom. The van der Waals surface area contributed by atoms with Crippen molar-refractivity contribution in [1.29, 1.82) is 0 Å². The summed E-state index contributed by atoms with van der Waals surface area (Å²) in [4.78, 5) is 4.55. The summed E-state index contributed by atoms with van der Waals surface area (Å²) in [6.07, 6.45) is 6.74. The molecule has 0 saturated carbocycles. The van der Waals surface area contributed by atoms with Gasteiger partial charge in [0.1, 0.15) is 5.82 Å². The zero-order chi connectivity index (χ0) is 15.5. The number of allylic oxidation sites excluding steroid dienone is 1. The second kappa shape index (κ2) is 6.02. The molecule has 2 nitrogen and oxygen atoms in total. The highest BCUT2D eigenvalue weighted by molar-refractivity contribution is 5.61. The Morgan fingerprint density at radius 2 is 1.77 bits per heavy atom. The first-order chi connectivity index (χ1) is 10.7. The number of nitrogens with zero attached hydrogens (tertiary/aromatic N) is 2. The van der Waals surface area contributed by atoms with E-state index in [1.807, 2.05) is 36.7 Å². The third-order valence-corrected chi connectivity index (χ3v) is 3.84. The standard InChI is InChI=1S/C20H20N2/c1-4-8-17-13-15(2)19(16(3)14-17)22-12-11-21-20(22)18-9-6-5-7-10-18/h4-7,9-14H,1,8H2,2-3H3. The summed E-state index contributed by atoms with van der Waals surface area (Å²) < 4.78 is 2.18. The molecule has 0 aliphatic carbocycles. The Morgan fingerprint density at radius 3 is 2.41 bits per heavy atom. The number of hydrogen-bond acceptors (Lipinski definition) is 1. The van der Waals surface area contributed by atoms with E-state index >= 15 is 0 Å². The molecule has 0 aliphatic heterocycles. The molecule has 0 unspecified atom stereocenters. The minimum atomic E-state index is 0.900. The molecule has 0 atom stereocenters. The van der Waals surface area contributed by atoms with Crippen molar-refractivity contribution in [2.75, 3.05) is 0 Å². The van der Waals surface area contributed by atoms with Crippen molar-refractivity contribution in [3.8, 4) is 17.1 Å². The van der Waals surface area contributed by atoms with Crippen LogP contribution in [0.15, 0.2) is 67.5 Å². The van der Waals surface area contributed by atoms with Gasteiger partial charge in [0.2, 0.25) is 0 Å². The first-order valence-corrected chi connectivity index (χ1v) is 7.51. The van der Waals surface area contributed by atoms with Crippen molar-refractivity contribution < 1.29 is 0 Å². The van der Waals surface area contributed by atoms with Crippen LogP contribution in [-0.4, -0.2) is 9.55 Å². The van der Waals surface area contributed by atoms with Crippen LogP contribution in [0.25, 0.3) is 17.1 Å². The molecule has 0 spiro atoms. The van der Waals surface area contributed by atoms with Crippen LogP contribution in [0.2, 0.25) is 0 Å². The van der Waals surface area contributed by atoms with Gasteiger partial charge in [-0.3, -0.25) is 4.57 Å². The van der Waals surface area contributed by atoms with Crippen LogP contribution in [0, 0.1) is 13.8 Å². The largest absolute Gasteiger partial charge is 0.299 e. The molecule has 0 saturated heterocycles. The lowest BCUT2D eigenvalue weighted by Crippen LogP contribution is -2.02. The van der Waals surface area contributed by atoms with Crippen molar-refractivity contribution in [2.24, 2.45) is 0 Å². The van der Waals surface area contributed by atoms with E-state index in [9.17, 15) is 0 Å². The van der Waals surface area contributed by atoms with Gasteiger partial charge in [-0.25, -0.2) is 4.98 Å². The fourth-order valence-corrected chi connectivity index (χ4v) is 2.99. The van der Waals surface area contributed by atoms with E-state index < -0.39 is 0 Å². The number of benzene rings is 2. The zero-order valence-corrected chi connectivity index (χ0v) is 13.1. The van der Waals surface area contributed by atoms with Gasteiger partial charge >= 0.3 is 0 Å². The molecule has 3 rings (SSSR count). The molecular formula is C20H20N2. The van der Waals surface area contributed by atoms with E-state index in [1.165, 1.54) is 22.4 Å². The number of rotatable bonds is 4. The summed E-state index contributed by atoms with van der Waals surface area (Å²) in [5.74, 6) is 0.975. The van der Waals surface area contributed by atoms with E-state index in [-0.39, 0.29) is 0 Å². The van der Waals surface area contributed by atoms with Gasteiger partial charge in [-0.05, 0) is 37.0 Å². The molecule has 2 heteroatoms. The van der Waals surface area contributed by atoms with Gasteiger partial charge in [0.15, 0.2) is 0 Å². The second-order valence-corrected chi connectivity index (χ2v) is 5.56. The zero-order valence-electron chi connectivity index (χ0n) is 13.1. The van der Waals surface area contributed by atoms with Crippen molar-refractivity contribution in [3.63, 3.8) is 0 Å². The maximum Gasteiger partial charge on any atom is 0.144 e. The number of hydrogen-bond donors (Lipinski definition) is 0. The maximum absolute atomic E-state index is 4.55.